The van der Waals surface area contributed by atoms with Crippen LogP contribution in [0.5, 0.6) is 11.5 Å². The van der Waals surface area contributed by atoms with Gasteiger partial charge in [0.15, 0.2) is 0 Å². The van der Waals surface area contributed by atoms with Crippen molar-refractivity contribution in [3.63, 3.8) is 0 Å². The molecule has 1 aliphatic rings. The molecule has 0 atom stereocenters. The maximum Gasteiger partial charge on any atom is 0.264 e. The molecular formula is C24H24ClN3O4S. The smallest absolute Gasteiger partial charge is 0.264 e. The first kappa shape index (κ1) is 22.9. The first-order chi connectivity index (χ1) is 16.0. The Labute approximate surface area is 201 Å². The number of nitrogens with one attached hydrogen (secondary N) is 1. The van der Waals surface area contributed by atoms with Gasteiger partial charge in [-0.25, -0.2) is 0 Å². The molecule has 2 aromatic carbocycles. The SMILES string of the molecule is COc1cc(OC)cc(C(=O)Nc2ccc(N3CCN(C(=O)c4cccs4)CC3)c(Cl)c2)c1. The molecule has 1 aromatic heterocycles. The summed E-state index contributed by atoms with van der Waals surface area (Å²) < 4.78 is 10.5. The molecule has 172 valence electrons. The molecule has 0 bridgehead atoms. The first-order valence-corrected chi connectivity index (χ1v) is 11.7. The average Bonchev–Trinajstić information content (AvgIpc) is 3.38. The number of rotatable bonds is 6. The Morgan fingerprint density at radius 3 is 2.24 bits per heavy atom. The molecule has 33 heavy (non-hydrogen) atoms. The fraction of sp³-hybridized carbons (Fsp3) is 0.250. The fourth-order valence-electron chi connectivity index (χ4n) is 3.69. The van der Waals surface area contributed by atoms with E-state index in [9.17, 15) is 9.59 Å². The molecule has 9 heteroatoms. The van der Waals surface area contributed by atoms with Crippen molar-refractivity contribution < 1.29 is 19.1 Å². The van der Waals surface area contributed by atoms with Crippen molar-refractivity contribution in [3.8, 4) is 11.5 Å². The number of halogens is 1. The zero-order valence-electron chi connectivity index (χ0n) is 18.3. The minimum absolute atomic E-state index is 0.0722. The van der Waals surface area contributed by atoms with Gasteiger partial charge in [0, 0.05) is 43.5 Å². The van der Waals surface area contributed by atoms with Gasteiger partial charge in [-0.15, -0.1) is 11.3 Å². The van der Waals surface area contributed by atoms with Crippen molar-refractivity contribution in [1.82, 2.24) is 4.90 Å². The van der Waals surface area contributed by atoms with E-state index in [-0.39, 0.29) is 11.8 Å². The Kier molecular flexibility index (Phi) is 7.05. The fourth-order valence-corrected chi connectivity index (χ4v) is 4.68. The van der Waals surface area contributed by atoms with Gasteiger partial charge in [-0.2, -0.15) is 0 Å². The number of piperazine rings is 1. The van der Waals surface area contributed by atoms with Crippen LogP contribution in [0.25, 0.3) is 0 Å². The minimum atomic E-state index is -0.295. The molecule has 7 nitrogen and oxygen atoms in total. The van der Waals surface area contributed by atoms with Gasteiger partial charge in [-0.3, -0.25) is 9.59 Å². The van der Waals surface area contributed by atoms with Crippen molar-refractivity contribution >= 4 is 46.1 Å². The monoisotopic (exact) mass is 485 g/mol. The number of benzene rings is 2. The van der Waals surface area contributed by atoms with Crippen molar-refractivity contribution in [3.05, 3.63) is 69.4 Å². The van der Waals surface area contributed by atoms with Gasteiger partial charge in [0.2, 0.25) is 0 Å². The molecule has 4 rings (SSSR count). The number of anilines is 2. The summed E-state index contributed by atoms with van der Waals surface area (Å²) in [5, 5.41) is 5.31. The maximum atomic E-state index is 12.7. The second-order valence-electron chi connectivity index (χ2n) is 7.48. The van der Waals surface area contributed by atoms with Crippen molar-refractivity contribution in [2.45, 2.75) is 0 Å². The lowest BCUT2D eigenvalue weighted by atomic mass is 10.1. The molecular weight excluding hydrogens is 462 g/mol. The van der Waals surface area contributed by atoms with E-state index >= 15 is 0 Å². The highest BCUT2D eigenvalue weighted by atomic mass is 35.5. The summed E-state index contributed by atoms with van der Waals surface area (Å²) in [4.78, 5) is 30.1. The number of ether oxygens (including phenoxy) is 2. The molecule has 0 saturated carbocycles. The maximum absolute atomic E-state index is 12.7. The molecule has 0 radical (unpaired) electrons. The Morgan fingerprint density at radius 2 is 1.67 bits per heavy atom. The Hall–Kier alpha value is -3.23. The normalized spacial score (nSPS) is 13.5. The van der Waals surface area contributed by atoms with Gasteiger partial charge in [0.05, 0.1) is 29.8 Å². The summed E-state index contributed by atoms with van der Waals surface area (Å²) in [5.41, 5.74) is 1.88. The van der Waals surface area contributed by atoms with Crippen molar-refractivity contribution in [2.75, 3.05) is 50.6 Å². The lowest BCUT2D eigenvalue weighted by Crippen LogP contribution is -2.48. The molecule has 1 N–H and O–H groups in total. The molecule has 0 spiro atoms. The van der Waals surface area contributed by atoms with Crippen molar-refractivity contribution in [2.24, 2.45) is 0 Å². The van der Waals surface area contributed by atoms with Crippen molar-refractivity contribution in [1.29, 1.82) is 0 Å². The average molecular weight is 486 g/mol. The van der Waals surface area contributed by atoms with Crippen LogP contribution in [-0.2, 0) is 0 Å². The van der Waals surface area contributed by atoms with Crippen LogP contribution in [0.1, 0.15) is 20.0 Å². The van der Waals surface area contributed by atoms with E-state index in [1.807, 2.05) is 34.5 Å². The topological polar surface area (TPSA) is 71.1 Å². The molecule has 1 saturated heterocycles. The summed E-state index contributed by atoms with van der Waals surface area (Å²) >= 11 is 8.01. The van der Waals surface area contributed by atoms with Crippen LogP contribution in [0.3, 0.4) is 0 Å². The third-order valence-electron chi connectivity index (χ3n) is 5.46. The summed E-state index contributed by atoms with van der Waals surface area (Å²) in [6, 6.07) is 14.2. The highest BCUT2D eigenvalue weighted by Crippen LogP contribution is 2.31. The van der Waals surface area contributed by atoms with Gasteiger partial charge in [0.1, 0.15) is 11.5 Å². The number of thiophene rings is 1. The number of methoxy groups -OCH3 is 2. The molecule has 2 amide bonds. The first-order valence-electron chi connectivity index (χ1n) is 10.4. The Balaban J connectivity index is 1.40. The van der Waals surface area contributed by atoms with Gasteiger partial charge in [-0.1, -0.05) is 17.7 Å². The number of carbonyl (C=O) groups excluding carboxylic acids is 2. The molecule has 0 unspecified atom stereocenters. The zero-order valence-corrected chi connectivity index (χ0v) is 19.9. The van der Waals surface area contributed by atoms with Crippen LogP contribution in [-0.4, -0.2) is 57.1 Å². The number of nitrogens with zero attached hydrogens (tertiary/aromatic N) is 2. The summed E-state index contributed by atoms with van der Waals surface area (Å²) in [7, 11) is 3.07. The lowest BCUT2D eigenvalue weighted by molar-refractivity contribution is 0.0751. The number of carbonyl (C=O) groups is 2. The largest absolute Gasteiger partial charge is 0.497 e. The Morgan fingerprint density at radius 1 is 0.970 bits per heavy atom. The standard InChI is InChI=1S/C24H24ClN3O4S/c1-31-18-12-16(13-19(15-18)32-2)23(29)26-17-5-6-21(20(25)14-17)27-7-9-28(10-8-27)24(30)22-4-3-11-33-22/h3-6,11-15H,7-10H2,1-2H3,(H,26,29). The molecule has 3 aromatic rings. The summed E-state index contributed by atoms with van der Waals surface area (Å²) in [6.45, 7) is 2.63. The number of amides is 2. The van der Waals surface area contributed by atoms with Gasteiger partial charge < -0.3 is 24.6 Å². The Bertz CT molecular complexity index is 1120. The van der Waals surface area contributed by atoms with Crippen LogP contribution < -0.4 is 19.7 Å². The highest BCUT2D eigenvalue weighted by Gasteiger charge is 2.24. The van der Waals surface area contributed by atoms with E-state index in [1.54, 1.807) is 24.3 Å². The summed E-state index contributed by atoms with van der Waals surface area (Å²) in [6.07, 6.45) is 0. The predicted molar refractivity (Wildman–Crippen MR) is 131 cm³/mol. The van der Waals surface area contributed by atoms with Crippen LogP contribution in [0.15, 0.2) is 53.9 Å². The number of hydrogen-bond acceptors (Lipinski definition) is 6. The van der Waals surface area contributed by atoms with Gasteiger partial charge in [-0.05, 0) is 41.8 Å². The third kappa shape index (κ3) is 5.23. The predicted octanol–water partition coefficient (Wildman–Crippen LogP) is 4.63. The van der Waals surface area contributed by atoms with Crippen LogP contribution in [0, 0.1) is 0 Å². The second-order valence-corrected chi connectivity index (χ2v) is 8.83. The highest BCUT2D eigenvalue weighted by molar-refractivity contribution is 7.12. The van der Waals surface area contributed by atoms with E-state index in [0.29, 0.717) is 54.0 Å². The lowest BCUT2D eigenvalue weighted by Gasteiger charge is -2.36. The second kappa shape index (κ2) is 10.1. The third-order valence-corrected chi connectivity index (χ3v) is 6.62. The molecule has 0 aliphatic carbocycles. The van der Waals surface area contributed by atoms with Crippen LogP contribution in [0.4, 0.5) is 11.4 Å². The number of hydrogen-bond donors (Lipinski definition) is 1. The summed E-state index contributed by atoms with van der Waals surface area (Å²) in [5.74, 6) is 0.842. The molecule has 1 aliphatic heterocycles. The van der Waals surface area contributed by atoms with E-state index in [4.69, 9.17) is 21.1 Å². The molecule has 1 fully saturated rings. The zero-order chi connectivity index (χ0) is 23.4. The molecule has 2 heterocycles. The minimum Gasteiger partial charge on any atom is -0.497 e. The van der Waals surface area contributed by atoms with E-state index < -0.39 is 0 Å². The van der Waals surface area contributed by atoms with Gasteiger partial charge in [0.25, 0.3) is 11.8 Å². The van der Waals surface area contributed by atoms with Crippen LogP contribution >= 0.6 is 22.9 Å². The quantitative estimate of drug-likeness (QED) is 0.551. The van der Waals surface area contributed by atoms with E-state index in [0.717, 1.165) is 10.6 Å². The van der Waals surface area contributed by atoms with E-state index in [2.05, 4.69) is 10.2 Å². The van der Waals surface area contributed by atoms with Gasteiger partial charge >= 0.3 is 0 Å². The van der Waals surface area contributed by atoms with E-state index in [1.165, 1.54) is 25.6 Å². The van der Waals surface area contributed by atoms with Crippen LogP contribution in [0.2, 0.25) is 5.02 Å².